The van der Waals surface area contributed by atoms with Crippen LogP contribution in [0.1, 0.15) is 21.9 Å². The lowest BCUT2D eigenvalue weighted by molar-refractivity contribution is -0.00354. The molecule has 1 aliphatic heterocycles. The lowest BCUT2D eigenvalue weighted by atomic mass is 10.1. The Hall–Kier alpha value is -4.73. The fraction of sp³-hybridized carbons (Fsp3) is 0.250. The number of halogens is 4. The lowest BCUT2D eigenvalue weighted by Gasteiger charge is -2.26. The molecule has 0 saturated carbocycles. The van der Waals surface area contributed by atoms with Crippen molar-refractivity contribution in [2.75, 3.05) is 20.3 Å². The van der Waals surface area contributed by atoms with Crippen molar-refractivity contribution in [2.45, 2.75) is 19.1 Å². The van der Waals surface area contributed by atoms with Crippen molar-refractivity contribution in [3.05, 3.63) is 96.3 Å². The molecule has 5 heterocycles. The highest BCUT2D eigenvalue weighted by molar-refractivity contribution is 6.33. The molecule has 0 bridgehead atoms. The molecule has 232 valence electrons. The van der Waals surface area contributed by atoms with E-state index in [4.69, 9.17) is 32.7 Å². The molecule has 1 amide bonds. The zero-order valence-corrected chi connectivity index (χ0v) is 25.1. The number of pyridine rings is 2. The molecule has 5 aromatic rings. The van der Waals surface area contributed by atoms with E-state index in [1.54, 1.807) is 7.05 Å². The number of hydrogen-bond donors (Lipinski definition) is 1. The Morgan fingerprint density at radius 3 is 2.51 bits per heavy atom. The van der Waals surface area contributed by atoms with Crippen molar-refractivity contribution in [2.24, 2.45) is 7.05 Å². The molecular formula is C28H22Cl2F2N8O5. The molecule has 13 nitrogen and oxygen atoms in total. The summed E-state index contributed by atoms with van der Waals surface area (Å²) in [7, 11) is 2.94. The van der Waals surface area contributed by atoms with Crippen molar-refractivity contribution in [3.63, 3.8) is 0 Å². The number of rotatable bonds is 8. The summed E-state index contributed by atoms with van der Waals surface area (Å²) in [5.41, 5.74) is -1.43. The second-order valence-corrected chi connectivity index (χ2v) is 10.9. The van der Waals surface area contributed by atoms with Gasteiger partial charge in [0, 0.05) is 7.05 Å². The Kier molecular flexibility index (Phi) is 8.07. The van der Waals surface area contributed by atoms with Gasteiger partial charge >= 0.3 is 5.69 Å². The Morgan fingerprint density at radius 1 is 1.09 bits per heavy atom. The molecule has 45 heavy (non-hydrogen) atoms. The maximum atomic E-state index is 14.3. The summed E-state index contributed by atoms with van der Waals surface area (Å²) in [6.07, 6.45) is 1.40. The highest BCUT2D eigenvalue weighted by atomic mass is 35.5. The van der Waals surface area contributed by atoms with Crippen LogP contribution in [0.5, 0.6) is 5.88 Å². The third-order valence-electron chi connectivity index (χ3n) is 7.00. The van der Waals surface area contributed by atoms with Crippen molar-refractivity contribution >= 4 is 40.1 Å². The normalized spacial score (nSPS) is 13.2. The fourth-order valence-electron chi connectivity index (χ4n) is 4.75. The molecule has 1 saturated heterocycles. The Morgan fingerprint density at radius 2 is 1.87 bits per heavy atom. The van der Waals surface area contributed by atoms with Gasteiger partial charge in [0.15, 0.2) is 23.0 Å². The highest BCUT2D eigenvalue weighted by Gasteiger charge is 2.25. The standard InChI is InChI=1S/C28H22Cl2F2N8O5/c1-38-12-33-21(37-38)9-40-27(42)24-20(39(28(40)43)8-13-5-17(30)22(32)18(31)6-13)7-15(26(36-24)44-2)23-16(29)3-4-19(35-23)25(41)34-14-10-45-11-14/h3-7,12,14H,8-11H2,1-2H3,(H,34,41). The highest BCUT2D eigenvalue weighted by Crippen LogP contribution is 2.34. The van der Waals surface area contributed by atoms with Crippen LogP contribution in [0.25, 0.3) is 22.3 Å². The zero-order valence-electron chi connectivity index (χ0n) is 23.6. The SMILES string of the molecule is COc1nc2c(=O)n(Cc3ncn(C)n3)c(=O)n(Cc3cc(F)c(F)c(Cl)c3)c2cc1-c1nc(C(=O)NC2COC2)ccc1Cl. The average Bonchev–Trinajstić information content (AvgIpc) is 3.41. The Balaban J connectivity index is 1.56. The number of fused-ring (bicyclic) bond motifs is 1. The van der Waals surface area contributed by atoms with E-state index in [9.17, 15) is 23.2 Å². The molecule has 0 unspecified atom stereocenters. The predicted octanol–water partition coefficient (Wildman–Crippen LogP) is 2.57. The second kappa shape index (κ2) is 12.0. The number of amides is 1. The summed E-state index contributed by atoms with van der Waals surface area (Å²) in [6, 6.07) is 6.21. The average molecular weight is 659 g/mol. The van der Waals surface area contributed by atoms with E-state index in [0.717, 1.165) is 15.2 Å². The minimum atomic E-state index is -1.24. The topological polar surface area (TPSA) is 148 Å². The quantitative estimate of drug-likeness (QED) is 0.248. The summed E-state index contributed by atoms with van der Waals surface area (Å²) >= 11 is 12.4. The van der Waals surface area contributed by atoms with E-state index in [1.165, 1.54) is 42.4 Å². The van der Waals surface area contributed by atoms with Crippen molar-refractivity contribution in [1.29, 1.82) is 0 Å². The van der Waals surface area contributed by atoms with Gasteiger partial charge in [0.05, 0.1) is 66.3 Å². The maximum absolute atomic E-state index is 14.3. The Labute approximate surface area is 262 Å². The van der Waals surface area contributed by atoms with E-state index in [1.807, 2.05) is 0 Å². The summed E-state index contributed by atoms with van der Waals surface area (Å²) < 4.78 is 42.3. The summed E-state index contributed by atoms with van der Waals surface area (Å²) in [4.78, 5) is 53.4. The molecule has 0 radical (unpaired) electrons. The maximum Gasteiger partial charge on any atom is 0.332 e. The smallest absolute Gasteiger partial charge is 0.332 e. The first-order valence-corrected chi connectivity index (χ1v) is 14.1. The number of ether oxygens (including phenoxy) is 2. The second-order valence-electron chi connectivity index (χ2n) is 10.1. The number of benzene rings is 1. The van der Waals surface area contributed by atoms with Crippen LogP contribution in [0.2, 0.25) is 10.0 Å². The zero-order chi connectivity index (χ0) is 32.0. The molecule has 6 rings (SSSR count). The number of carbonyl (C=O) groups is 1. The number of methoxy groups -OCH3 is 1. The van der Waals surface area contributed by atoms with E-state index in [0.29, 0.717) is 13.2 Å². The van der Waals surface area contributed by atoms with Crippen molar-refractivity contribution in [3.8, 4) is 17.1 Å². The molecular weight excluding hydrogens is 637 g/mol. The minimum absolute atomic E-state index is 0.00813. The third kappa shape index (κ3) is 5.77. The van der Waals surface area contributed by atoms with E-state index >= 15 is 0 Å². The molecule has 0 atom stereocenters. The van der Waals surface area contributed by atoms with Crippen molar-refractivity contribution < 1.29 is 23.0 Å². The third-order valence-corrected chi connectivity index (χ3v) is 7.58. The molecule has 4 aromatic heterocycles. The minimum Gasteiger partial charge on any atom is -0.480 e. The number of carbonyl (C=O) groups excluding carboxylic acids is 1. The van der Waals surface area contributed by atoms with Gasteiger partial charge in [0.25, 0.3) is 11.5 Å². The summed E-state index contributed by atoms with van der Waals surface area (Å²) in [6.45, 7) is 0.102. The summed E-state index contributed by atoms with van der Waals surface area (Å²) in [5, 5.41) is 6.57. The van der Waals surface area contributed by atoms with Gasteiger partial charge in [-0.25, -0.2) is 28.5 Å². The van der Waals surface area contributed by atoms with Crippen LogP contribution in [0.15, 0.2) is 46.2 Å². The predicted molar refractivity (Wildman–Crippen MR) is 158 cm³/mol. The molecule has 0 spiro atoms. The van der Waals surface area contributed by atoms with Gasteiger partial charge in [-0.1, -0.05) is 23.2 Å². The number of nitrogens with zero attached hydrogens (tertiary/aromatic N) is 7. The van der Waals surface area contributed by atoms with Crippen molar-refractivity contribution in [1.82, 2.24) is 39.2 Å². The molecule has 1 N–H and O–H groups in total. The first-order chi connectivity index (χ1) is 21.5. The van der Waals surface area contributed by atoms with Gasteiger partial charge < -0.3 is 14.8 Å². The molecule has 17 heteroatoms. The van der Waals surface area contributed by atoms with E-state index in [2.05, 4.69) is 25.4 Å². The largest absolute Gasteiger partial charge is 0.480 e. The van der Waals surface area contributed by atoms with E-state index < -0.39 is 33.8 Å². The first kappa shape index (κ1) is 30.3. The number of hydrogen-bond acceptors (Lipinski definition) is 9. The number of nitrogens with one attached hydrogen (secondary N) is 1. The lowest BCUT2D eigenvalue weighted by Crippen LogP contribution is -2.48. The van der Waals surface area contributed by atoms with Gasteiger partial charge in [-0.3, -0.25) is 23.4 Å². The fourth-order valence-corrected chi connectivity index (χ4v) is 5.18. The van der Waals surface area contributed by atoms with Gasteiger partial charge in [-0.2, -0.15) is 5.10 Å². The monoisotopic (exact) mass is 658 g/mol. The van der Waals surface area contributed by atoms with Crippen LogP contribution in [0, 0.1) is 11.6 Å². The molecule has 1 aromatic carbocycles. The van der Waals surface area contributed by atoms with Gasteiger partial charge in [-0.05, 0) is 35.9 Å². The van der Waals surface area contributed by atoms with Crippen LogP contribution in [-0.2, 0) is 24.9 Å². The molecule has 1 aliphatic rings. The van der Waals surface area contributed by atoms with Crippen LogP contribution >= 0.6 is 23.2 Å². The van der Waals surface area contributed by atoms with Gasteiger partial charge in [0.2, 0.25) is 5.88 Å². The van der Waals surface area contributed by atoms with Crippen LogP contribution in [0.3, 0.4) is 0 Å². The van der Waals surface area contributed by atoms with Crippen LogP contribution in [0.4, 0.5) is 8.78 Å². The van der Waals surface area contributed by atoms with Crippen LogP contribution in [-0.4, -0.2) is 66.1 Å². The van der Waals surface area contributed by atoms with Crippen LogP contribution < -0.4 is 21.3 Å². The molecule has 0 aliphatic carbocycles. The van der Waals surface area contributed by atoms with Gasteiger partial charge in [0.1, 0.15) is 12.0 Å². The van der Waals surface area contributed by atoms with Gasteiger partial charge in [-0.15, -0.1) is 0 Å². The number of aryl methyl sites for hydroxylation is 1. The molecule has 1 fully saturated rings. The Bertz CT molecular complexity index is 2090. The first-order valence-electron chi connectivity index (χ1n) is 13.3. The summed E-state index contributed by atoms with van der Waals surface area (Å²) in [5.74, 6) is -2.84. The van der Waals surface area contributed by atoms with E-state index in [-0.39, 0.29) is 69.4 Å². The number of aromatic nitrogens is 7.